The molecule has 14 nitrogen and oxygen atoms in total. The van der Waals surface area contributed by atoms with Crippen LogP contribution < -0.4 is 29.5 Å². The van der Waals surface area contributed by atoms with Crippen molar-refractivity contribution in [3.63, 3.8) is 0 Å². The molecular formula is C45H46N8O6. The zero-order chi connectivity index (χ0) is 40.8. The maximum atomic E-state index is 13.8. The fourth-order valence-electron chi connectivity index (χ4n) is 8.11. The third kappa shape index (κ3) is 6.72. The van der Waals surface area contributed by atoms with Crippen molar-refractivity contribution >= 4 is 40.0 Å². The van der Waals surface area contributed by atoms with Gasteiger partial charge < -0.3 is 39.0 Å². The first kappa shape index (κ1) is 37.9. The van der Waals surface area contributed by atoms with Crippen LogP contribution in [0.1, 0.15) is 57.2 Å². The molecule has 1 amide bonds. The zero-order valence-corrected chi connectivity index (χ0v) is 33.8. The molecule has 1 spiro atoms. The van der Waals surface area contributed by atoms with Crippen LogP contribution in [0.4, 0.5) is 17.2 Å². The Kier molecular flexibility index (Phi) is 9.79. The van der Waals surface area contributed by atoms with Gasteiger partial charge in [0.15, 0.2) is 11.4 Å². The molecule has 302 valence electrons. The highest BCUT2D eigenvalue weighted by Gasteiger charge is 2.53. The fraction of sp³-hybridized carbons (Fsp3) is 0.311. The molecule has 0 saturated carbocycles. The summed E-state index contributed by atoms with van der Waals surface area (Å²) in [5.74, 6) is 2.56. The summed E-state index contributed by atoms with van der Waals surface area (Å²) < 4.78 is 26.7. The lowest BCUT2D eigenvalue weighted by molar-refractivity contribution is 0.0224. The number of hydrogen-bond donors (Lipinski definition) is 1. The first-order chi connectivity index (χ1) is 28.6. The first-order valence-electron chi connectivity index (χ1n) is 19.9. The molecule has 3 aliphatic rings. The number of carbonyl (C=O) groups is 2. The summed E-state index contributed by atoms with van der Waals surface area (Å²) in [6, 6.07) is 22.9. The number of esters is 1. The SMILES string of the molecule is C[C@@H]1COCCN1c1cc(OCCCCNC(=O)c2ccc3c(c2)C(=O)OC32c3ccc(N(C)C)cc3Oc3cc(N(C)C)ccc32)c2ccnc(-n3cccn3)c2n1. The van der Waals surface area contributed by atoms with E-state index >= 15 is 0 Å². The Bertz CT molecular complexity index is 2520. The topological polar surface area (TPSA) is 136 Å². The van der Waals surface area contributed by atoms with E-state index in [1.54, 1.807) is 29.2 Å². The number of nitrogens with one attached hydrogen (secondary N) is 1. The fourth-order valence-corrected chi connectivity index (χ4v) is 8.11. The molecular weight excluding hydrogens is 749 g/mol. The van der Waals surface area contributed by atoms with Crippen LogP contribution in [0, 0.1) is 0 Å². The minimum Gasteiger partial charge on any atom is -0.493 e. The summed E-state index contributed by atoms with van der Waals surface area (Å²) in [6.45, 7) is 4.93. The van der Waals surface area contributed by atoms with E-state index in [1.165, 1.54) is 0 Å². The van der Waals surface area contributed by atoms with Crippen LogP contribution in [0.15, 0.2) is 91.4 Å². The molecule has 6 aromatic rings. The van der Waals surface area contributed by atoms with Crippen LogP contribution in [0.3, 0.4) is 0 Å². The molecule has 0 aliphatic carbocycles. The van der Waals surface area contributed by atoms with Crippen molar-refractivity contribution in [1.82, 2.24) is 25.1 Å². The number of carbonyl (C=O) groups excluding carboxylic acids is 2. The number of fused-ring (bicyclic) bond motifs is 7. The Morgan fingerprint density at radius 1 is 0.932 bits per heavy atom. The van der Waals surface area contributed by atoms with Gasteiger partial charge in [-0.05, 0) is 68.3 Å². The van der Waals surface area contributed by atoms with Gasteiger partial charge >= 0.3 is 5.97 Å². The molecule has 6 heterocycles. The molecule has 59 heavy (non-hydrogen) atoms. The normalized spacial score (nSPS) is 16.2. The van der Waals surface area contributed by atoms with Crippen LogP contribution in [0.25, 0.3) is 16.7 Å². The van der Waals surface area contributed by atoms with Crippen LogP contribution in [0.2, 0.25) is 0 Å². The third-order valence-corrected chi connectivity index (χ3v) is 11.2. The molecule has 0 radical (unpaired) electrons. The van der Waals surface area contributed by atoms with Crippen molar-refractivity contribution < 1.29 is 28.5 Å². The summed E-state index contributed by atoms with van der Waals surface area (Å²) in [4.78, 5) is 43.1. The van der Waals surface area contributed by atoms with E-state index in [0.717, 1.165) is 40.3 Å². The maximum Gasteiger partial charge on any atom is 0.340 e. The average Bonchev–Trinajstić information content (AvgIpc) is 3.88. The van der Waals surface area contributed by atoms with Gasteiger partial charge in [0.2, 0.25) is 0 Å². The van der Waals surface area contributed by atoms with Crippen LogP contribution in [-0.2, 0) is 15.1 Å². The molecule has 0 unspecified atom stereocenters. The molecule has 1 N–H and O–H groups in total. The largest absolute Gasteiger partial charge is 0.493 e. The van der Waals surface area contributed by atoms with Gasteiger partial charge in [0.1, 0.15) is 28.6 Å². The highest BCUT2D eigenvalue weighted by atomic mass is 16.6. The average molecular weight is 795 g/mol. The second-order valence-electron chi connectivity index (χ2n) is 15.5. The predicted molar refractivity (Wildman–Crippen MR) is 225 cm³/mol. The lowest BCUT2D eigenvalue weighted by Gasteiger charge is -2.37. The van der Waals surface area contributed by atoms with Crippen molar-refractivity contribution in [2.75, 3.05) is 75.8 Å². The van der Waals surface area contributed by atoms with Gasteiger partial charge in [-0.25, -0.2) is 19.4 Å². The summed E-state index contributed by atoms with van der Waals surface area (Å²) in [5, 5.41) is 8.27. The van der Waals surface area contributed by atoms with Gasteiger partial charge in [0, 0.05) is 117 Å². The van der Waals surface area contributed by atoms with E-state index in [2.05, 4.69) is 27.2 Å². The minimum absolute atomic E-state index is 0.149. The number of amides is 1. The van der Waals surface area contributed by atoms with Gasteiger partial charge in [-0.15, -0.1) is 0 Å². The lowest BCUT2D eigenvalue weighted by atomic mass is 9.77. The second-order valence-corrected chi connectivity index (χ2v) is 15.5. The van der Waals surface area contributed by atoms with E-state index < -0.39 is 11.6 Å². The standard InChI is InChI=1S/C45H46N8O6/c1-28-27-56-22-20-52(28)40-26-37(32-15-18-46-42(41(32)49-40)53-19-8-17-48-53)57-21-7-6-16-47-43(54)29-9-12-34-33(23-29)44(55)59-45(34)35-13-10-30(50(2)3)24-38(35)58-39-25-31(51(4)5)11-14-36(39)45/h8-15,17-19,23-26,28H,6-7,16,20-22,27H2,1-5H3,(H,47,54)/t28-/m1/s1. The quantitative estimate of drug-likeness (QED) is 0.116. The lowest BCUT2D eigenvalue weighted by Crippen LogP contribution is -2.44. The predicted octanol–water partition coefficient (Wildman–Crippen LogP) is 6.33. The third-order valence-electron chi connectivity index (χ3n) is 11.2. The maximum absolute atomic E-state index is 13.8. The molecule has 1 fully saturated rings. The Hall–Kier alpha value is -6.67. The van der Waals surface area contributed by atoms with E-state index in [-0.39, 0.29) is 11.9 Å². The Morgan fingerprint density at radius 2 is 1.68 bits per heavy atom. The molecule has 1 atom stereocenters. The zero-order valence-electron chi connectivity index (χ0n) is 33.8. The highest BCUT2D eigenvalue weighted by molar-refractivity contribution is 6.02. The number of aromatic nitrogens is 4. The molecule has 9 rings (SSSR count). The Labute approximate surface area is 342 Å². The van der Waals surface area contributed by atoms with Crippen molar-refractivity contribution in [2.45, 2.75) is 31.4 Å². The number of rotatable bonds is 11. The summed E-state index contributed by atoms with van der Waals surface area (Å²) in [7, 11) is 7.86. The van der Waals surface area contributed by atoms with Crippen LogP contribution in [0.5, 0.6) is 17.2 Å². The smallest absolute Gasteiger partial charge is 0.340 e. The first-order valence-corrected chi connectivity index (χ1v) is 19.9. The molecule has 14 heteroatoms. The highest BCUT2D eigenvalue weighted by Crippen LogP contribution is 2.57. The summed E-state index contributed by atoms with van der Waals surface area (Å²) in [5.41, 5.74) is 4.19. The Balaban J connectivity index is 0.903. The van der Waals surface area contributed by atoms with Gasteiger partial charge in [-0.2, -0.15) is 5.10 Å². The molecule has 0 bridgehead atoms. The Morgan fingerprint density at radius 3 is 2.37 bits per heavy atom. The van der Waals surface area contributed by atoms with E-state index in [0.29, 0.717) is 84.5 Å². The number of morpholine rings is 1. The van der Waals surface area contributed by atoms with Crippen molar-refractivity contribution in [1.29, 1.82) is 0 Å². The van der Waals surface area contributed by atoms with Crippen LogP contribution in [-0.4, -0.2) is 98.8 Å². The minimum atomic E-state index is -1.24. The van der Waals surface area contributed by atoms with Crippen molar-refractivity contribution in [3.05, 3.63) is 119 Å². The monoisotopic (exact) mass is 794 g/mol. The van der Waals surface area contributed by atoms with E-state index in [9.17, 15) is 9.59 Å². The van der Waals surface area contributed by atoms with Gasteiger partial charge in [0.05, 0.1) is 31.4 Å². The number of benzene rings is 3. The summed E-state index contributed by atoms with van der Waals surface area (Å²) in [6.07, 6.45) is 6.66. The van der Waals surface area contributed by atoms with Gasteiger partial charge in [-0.1, -0.05) is 6.07 Å². The second kappa shape index (κ2) is 15.3. The van der Waals surface area contributed by atoms with Crippen molar-refractivity contribution in [3.8, 4) is 23.1 Å². The van der Waals surface area contributed by atoms with Gasteiger partial charge in [-0.3, -0.25) is 4.79 Å². The molecule has 1 saturated heterocycles. The number of pyridine rings is 2. The van der Waals surface area contributed by atoms with Crippen molar-refractivity contribution in [2.24, 2.45) is 0 Å². The number of anilines is 3. The molecule has 3 aliphatic heterocycles. The number of nitrogens with zero attached hydrogens (tertiary/aromatic N) is 7. The number of ether oxygens (including phenoxy) is 4. The van der Waals surface area contributed by atoms with E-state index in [1.807, 2.05) is 105 Å². The van der Waals surface area contributed by atoms with E-state index in [4.69, 9.17) is 23.9 Å². The molecule has 3 aromatic carbocycles. The molecule has 3 aromatic heterocycles. The van der Waals surface area contributed by atoms with Crippen LogP contribution >= 0.6 is 0 Å². The van der Waals surface area contributed by atoms with Gasteiger partial charge in [0.25, 0.3) is 5.91 Å². The number of hydrogen-bond acceptors (Lipinski definition) is 12. The summed E-state index contributed by atoms with van der Waals surface area (Å²) >= 11 is 0. The number of unbranched alkanes of at least 4 members (excludes halogenated alkanes) is 1.